The zero-order valence-electron chi connectivity index (χ0n) is 13.5. The molecule has 0 aromatic rings. The van der Waals surface area contributed by atoms with Crippen LogP contribution in [0.1, 0.15) is 90.9 Å². The minimum absolute atomic E-state index is 0.145. The van der Waals surface area contributed by atoms with Crippen molar-refractivity contribution in [1.29, 1.82) is 0 Å². The van der Waals surface area contributed by atoms with Crippen LogP contribution in [0.15, 0.2) is 0 Å². The van der Waals surface area contributed by atoms with Gasteiger partial charge in [0.2, 0.25) is 0 Å². The number of hydrogen-bond donors (Lipinski definition) is 0. The Morgan fingerprint density at radius 2 is 1.25 bits per heavy atom. The van der Waals surface area contributed by atoms with Gasteiger partial charge in [-0.25, -0.2) is 0 Å². The molecule has 0 N–H and O–H groups in total. The normalized spacial score (nSPS) is 12.3. The fourth-order valence-corrected chi connectivity index (χ4v) is 2.36. The molecule has 0 aromatic heterocycles. The topological polar surface area (TPSA) is 26.3 Å². The maximum atomic E-state index is 11.2. The van der Waals surface area contributed by atoms with Crippen molar-refractivity contribution in [2.24, 2.45) is 0 Å². The van der Waals surface area contributed by atoms with Crippen LogP contribution >= 0.6 is 15.9 Å². The molecular weight excluding hydrogens is 316 g/mol. The summed E-state index contributed by atoms with van der Waals surface area (Å²) in [7, 11) is 0. The highest BCUT2D eigenvalue weighted by atomic mass is 79.9. The Bertz CT molecular complexity index is 217. The van der Waals surface area contributed by atoms with Gasteiger partial charge in [-0.1, -0.05) is 93.5 Å². The van der Waals surface area contributed by atoms with E-state index in [2.05, 4.69) is 22.9 Å². The van der Waals surface area contributed by atoms with E-state index in [0.717, 1.165) is 6.42 Å². The third kappa shape index (κ3) is 14.4. The first-order valence-electron chi connectivity index (χ1n) is 8.49. The SMILES string of the molecule is CCCCCCCCCCCCCCOC(=O)C(C)Br. The molecule has 2 nitrogen and oxygen atoms in total. The Labute approximate surface area is 134 Å². The Kier molecular flexibility index (Phi) is 15.3. The van der Waals surface area contributed by atoms with Crippen LogP contribution in [0.25, 0.3) is 0 Å². The van der Waals surface area contributed by atoms with Gasteiger partial charge in [-0.15, -0.1) is 0 Å². The summed E-state index contributed by atoms with van der Waals surface area (Å²) in [4.78, 5) is 11.0. The first-order chi connectivity index (χ1) is 9.68. The van der Waals surface area contributed by atoms with Gasteiger partial charge in [-0.3, -0.25) is 4.79 Å². The summed E-state index contributed by atoms with van der Waals surface area (Å²) in [5.41, 5.74) is 0. The fraction of sp³-hybridized carbons (Fsp3) is 0.941. The van der Waals surface area contributed by atoms with Crippen LogP contribution in [0.5, 0.6) is 0 Å². The van der Waals surface area contributed by atoms with Gasteiger partial charge in [0.15, 0.2) is 0 Å². The highest BCUT2D eigenvalue weighted by Crippen LogP contribution is 2.12. The first-order valence-corrected chi connectivity index (χ1v) is 9.40. The Morgan fingerprint density at radius 3 is 1.65 bits per heavy atom. The summed E-state index contributed by atoms with van der Waals surface area (Å²) in [5, 5.41) is 0. The van der Waals surface area contributed by atoms with E-state index in [-0.39, 0.29) is 10.8 Å². The van der Waals surface area contributed by atoms with Crippen molar-refractivity contribution in [1.82, 2.24) is 0 Å². The van der Waals surface area contributed by atoms with Crippen LogP contribution in [-0.2, 0) is 9.53 Å². The van der Waals surface area contributed by atoms with Crippen molar-refractivity contribution >= 4 is 21.9 Å². The minimum atomic E-state index is -0.181. The van der Waals surface area contributed by atoms with Crippen LogP contribution in [0.3, 0.4) is 0 Å². The molecule has 0 radical (unpaired) electrons. The molecule has 20 heavy (non-hydrogen) atoms. The Hall–Kier alpha value is -0.0500. The van der Waals surface area contributed by atoms with E-state index >= 15 is 0 Å². The van der Waals surface area contributed by atoms with E-state index < -0.39 is 0 Å². The lowest BCUT2D eigenvalue weighted by Crippen LogP contribution is -2.14. The van der Waals surface area contributed by atoms with Crippen molar-refractivity contribution in [3.8, 4) is 0 Å². The maximum absolute atomic E-state index is 11.2. The molecule has 0 saturated heterocycles. The number of unbranched alkanes of at least 4 members (excludes halogenated alkanes) is 11. The second-order valence-electron chi connectivity index (χ2n) is 5.67. The molecule has 1 atom stereocenters. The predicted molar refractivity (Wildman–Crippen MR) is 90.4 cm³/mol. The summed E-state index contributed by atoms with van der Waals surface area (Å²) in [6.07, 6.45) is 16.0. The van der Waals surface area contributed by atoms with Gasteiger partial charge in [0, 0.05) is 0 Å². The average molecular weight is 349 g/mol. The van der Waals surface area contributed by atoms with Gasteiger partial charge < -0.3 is 4.74 Å². The van der Waals surface area contributed by atoms with Crippen LogP contribution in [0.2, 0.25) is 0 Å². The quantitative estimate of drug-likeness (QED) is 0.218. The molecule has 0 rings (SSSR count). The van der Waals surface area contributed by atoms with E-state index in [0.29, 0.717) is 6.61 Å². The zero-order chi connectivity index (χ0) is 15.1. The monoisotopic (exact) mass is 348 g/mol. The molecule has 0 spiro atoms. The lowest BCUT2D eigenvalue weighted by Gasteiger charge is -2.06. The zero-order valence-corrected chi connectivity index (χ0v) is 15.1. The summed E-state index contributed by atoms with van der Waals surface area (Å²) < 4.78 is 5.11. The van der Waals surface area contributed by atoms with Crippen molar-refractivity contribution in [2.45, 2.75) is 95.7 Å². The largest absolute Gasteiger partial charge is 0.465 e. The molecular formula is C17H33BrO2. The Balaban J connectivity index is 3.04. The number of alkyl halides is 1. The standard InChI is InChI=1S/C17H33BrO2/c1-3-4-5-6-7-8-9-10-11-12-13-14-15-20-17(19)16(2)18/h16H,3-15H2,1-2H3. The number of ether oxygens (including phenoxy) is 1. The van der Waals surface area contributed by atoms with E-state index in [4.69, 9.17) is 4.74 Å². The molecule has 0 aliphatic rings. The molecule has 0 aromatic carbocycles. The molecule has 120 valence electrons. The van der Waals surface area contributed by atoms with E-state index in [1.807, 2.05) is 0 Å². The summed E-state index contributed by atoms with van der Waals surface area (Å²) in [6, 6.07) is 0. The molecule has 0 aliphatic carbocycles. The molecule has 0 fully saturated rings. The number of hydrogen-bond acceptors (Lipinski definition) is 2. The van der Waals surface area contributed by atoms with Gasteiger partial charge in [0.05, 0.1) is 6.61 Å². The third-order valence-corrected chi connectivity index (χ3v) is 3.94. The van der Waals surface area contributed by atoms with Crippen molar-refractivity contribution < 1.29 is 9.53 Å². The number of carbonyl (C=O) groups excluding carboxylic acids is 1. The van der Waals surface area contributed by atoms with Crippen molar-refractivity contribution in [3.63, 3.8) is 0 Å². The molecule has 3 heteroatoms. The van der Waals surface area contributed by atoms with Gasteiger partial charge in [-0.05, 0) is 13.3 Å². The van der Waals surface area contributed by atoms with Gasteiger partial charge in [0.1, 0.15) is 4.83 Å². The highest BCUT2D eigenvalue weighted by Gasteiger charge is 2.08. The van der Waals surface area contributed by atoms with E-state index in [1.54, 1.807) is 6.92 Å². The number of halogens is 1. The smallest absolute Gasteiger partial charge is 0.319 e. The number of carbonyl (C=O) groups is 1. The second kappa shape index (κ2) is 15.3. The van der Waals surface area contributed by atoms with Crippen LogP contribution in [-0.4, -0.2) is 17.4 Å². The maximum Gasteiger partial charge on any atom is 0.319 e. The highest BCUT2D eigenvalue weighted by molar-refractivity contribution is 9.10. The lowest BCUT2D eigenvalue weighted by atomic mass is 10.1. The van der Waals surface area contributed by atoms with E-state index in [1.165, 1.54) is 70.6 Å². The van der Waals surface area contributed by atoms with Gasteiger partial charge >= 0.3 is 5.97 Å². The predicted octanol–water partition coefficient (Wildman–Crippen LogP) is 6.01. The van der Waals surface area contributed by atoms with Crippen molar-refractivity contribution in [2.75, 3.05) is 6.61 Å². The fourth-order valence-electron chi connectivity index (χ4n) is 2.23. The summed E-state index contributed by atoms with van der Waals surface area (Å²) in [6.45, 7) is 4.64. The summed E-state index contributed by atoms with van der Waals surface area (Å²) >= 11 is 3.20. The minimum Gasteiger partial charge on any atom is -0.465 e. The molecule has 0 aliphatic heterocycles. The number of esters is 1. The van der Waals surface area contributed by atoms with Gasteiger partial charge in [0.25, 0.3) is 0 Å². The molecule has 0 bridgehead atoms. The van der Waals surface area contributed by atoms with Gasteiger partial charge in [-0.2, -0.15) is 0 Å². The number of rotatable bonds is 14. The van der Waals surface area contributed by atoms with Crippen LogP contribution in [0, 0.1) is 0 Å². The molecule has 0 heterocycles. The molecule has 0 saturated carbocycles. The molecule has 1 unspecified atom stereocenters. The average Bonchev–Trinajstić information content (AvgIpc) is 2.43. The van der Waals surface area contributed by atoms with Crippen molar-refractivity contribution in [3.05, 3.63) is 0 Å². The molecule has 0 amide bonds. The third-order valence-electron chi connectivity index (χ3n) is 3.57. The summed E-state index contributed by atoms with van der Waals surface area (Å²) in [5.74, 6) is -0.145. The first kappa shape index (κ1) is 19.9. The second-order valence-corrected chi connectivity index (χ2v) is 7.05. The lowest BCUT2D eigenvalue weighted by molar-refractivity contribution is -0.142. The van der Waals surface area contributed by atoms with E-state index in [9.17, 15) is 4.79 Å². The van der Waals surface area contributed by atoms with Crippen LogP contribution in [0.4, 0.5) is 0 Å². The van der Waals surface area contributed by atoms with Crippen LogP contribution < -0.4 is 0 Å². The Morgan fingerprint density at radius 1 is 0.850 bits per heavy atom.